The molecule has 0 amide bonds. The molecule has 2 aromatic heterocycles. The molecule has 0 saturated heterocycles. The summed E-state index contributed by atoms with van der Waals surface area (Å²) in [6.07, 6.45) is -1.65. The summed E-state index contributed by atoms with van der Waals surface area (Å²) < 4.78 is 38.3. The molecule has 10 heteroatoms. The first-order chi connectivity index (χ1) is 13.3. The number of rotatable bonds is 3. The standard InChI is InChI=1S/C18H14ClF3N6/c19-12-7-11(18(20,21)22)8-24-15(12)27-16-14(23)17(26-9-25-16)28-6-5-10-3-1-2-4-13(10)28/h1-4,7-9H,5-6,23H2,(H,24,25,26,27). The van der Waals surface area contributed by atoms with E-state index >= 15 is 0 Å². The number of hydrogen-bond donors (Lipinski definition) is 2. The molecule has 0 atom stereocenters. The van der Waals surface area contributed by atoms with Crippen molar-refractivity contribution in [3.05, 3.63) is 59.0 Å². The number of aromatic nitrogens is 3. The van der Waals surface area contributed by atoms with Crippen LogP contribution in [0.2, 0.25) is 5.02 Å². The fourth-order valence-corrected chi connectivity index (χ4v) is 3.27. The van der Waals surface area contributed by atoms with E-state index in [1.165, 1.54) is 11.9 Å². The molecule has 0 bridgehead atoms. The molecule has 3 aromatic rings. The van der Waals surface area contributed by atoms with Gasteiger partial charge in [0, 0.05) is 18.4 Å². The number of hydrogen-bond acceptors (Lipinski definition) is 6. The highest BCUT2D eigenvalue weighted by molar-refractivity contribution is 6.33. The van der Waals surface area contributed by atoms with Crippen LogP contribution >= 0.6 is 11.6 Å². The van der Waals surface area contributed by atoms with Crippen LogP contribution in [0.5, 0.6) is 0 Å². The van der Waals surface area contributed by atoms with Gasteiger partial charge in [0.25, 0.3) is 0 Å². The molecule has 1 aliphatic rings. The van der Waals surface area contributed by atoms with Crippen LogP contribution in [-0.4, -0.2) is 21.5 Å². The minimum absolute atomic E-state index is 0.0211. The lowest BCUT2D eigenvalue weighted by Gasteiger charge is -2.21. The van der Waals surface area contributed by atoms with Crippen molar-refractivity contribution in [2.24, 2.45) is 0 Å². The second-order valence-electron chi connectivity index (χ2n) is 6.17. The number of halogens is 4. The Morgan fingerprint density at radius 2 is 1.89 bits per heavy atom. The van der Waals surface area contributed by atoms with E-state index < -0.39 is 11.7 Å². The van der Waals surface area contributed by atoms with Crippen molar-refractivity contribution in [1.82, 2.24) is 15.0 Å². The van der Waals surface area contributed by atoms with Gasteiger partial charge in [-0.05, 0) is 24.1 Å². The van der Waals surface area contributed by atoms with Gasteiger partial charge in [0.2, 0.25) is 0 Å². The van der Waals surface area contributed by atoms with Crippen LogP contribution in [0.1, 0.15) is 11.1 Å². The number of nitrogens with one attached hydrogen (secondary N) is 1. The number of anilines is 5. The first-order valence-corrected chi connectivity index (χ1v) is 8.68. The molecule has 3 N–H and O–H groups in total. The van der Waals surface area contributed by atoms with E-state index in [-0.39, 0.29) is 22.3 Å². The van der Waals surface area contributed by atoms with Crippen LogP contribution in [0.25, 0.3) is 0 Å². The number of nitrogens with zero attached hydrogens (tertiary/aromatic N) is 4. The third kappa shape index (κ3) is 3.29. The predicted molar refractivity (Wildman–Crippen MR) is 101 cm³/mol. The Labute approximate surface area is 163 Å². The average molecular weight is 407 g/mol. The summed E-state index contributed by atoms with van der Waals surface area (Å²) in [7, 11) is 0. The van der Waals surface area contributed by atoms with Gasteiger partial charge in [0.15, 0.2) is 11.6 Å². The zero-order valence-electron chi connectivity index (χ0n) is 14.3. The van der Waals surface area contributed by atoms with Crippen molar-refractivity contribution in [3.63, 3.8) is 0 Å². The van der Waals surface area contributed by atoms with Crippen LogP contribution < -0.4 is 16.0 Å². The molecule has 0 aliphatic carbocycles. The number of fused-ring (bicyclic) bond motifs is 1. The number of pyridine rings is 1. The highest BCUT2D eigenvalue weighted by Gasteiger charge is 2.32. The largest absolute Gasteiger partial charge is 0.417 e. The average Bonchev–Trinajstić information content (AvgIpc) is 3.08. The van der Waals surface area contributed by atoms with Gasteiger partial charge < -0.3 is 16.0 Å². The summed E-state index contributed by atoms with van der Waals surface area (Å²) in [5.41, 5.74) is 7.73. The normalized spacial score (nSPS) is 13.5. The van der Waals surface area contributed by atoms with Crippen molar-refractivity contribution in [3.8, 4) is 0 Å². The van der Waals surface area contributed by atoms with E-state index in [0.717, 1.165) is 18.2 Å². The predicted octanol–water partition coefficient (Wildman–Crippen LogP) is 4.56. The monoisotopic (exact) mass is 406 g/mol. The highest BCUT2D eigenvalue weighted by Crippen LogP contribution is 2.39. The number of nitrogen functional groups attached to an aromatic ring is 1. The molecule has 0 radical (unpaired) electrons. The molecule has 28 heavy (non-hydrogen) atoms. The van der Waals surface area contributed by atoms with Gasteiger partial charge >= 0.3 is 6.18 Å². The number of alkyl halides is 3. The Morgan fingerprint density at radius 3 is 2.64 bits per heavy atom. The van der Waals surface area contributed by atoms with Gasteiger partial charge in [-0.2, -0.15) is 13.2 Å². The fourth-order valence-electron chi connectivity index (χ4n) is 3.06. The Kier molecular flexibility index (Phi) is 4.46. The molecular formula is C18H14ClF3N6. The zero-order valence-corrected chi connectivity index (χ0v) is 15.1. The van der Waals surface area contributed by atoms with Crippen molar-refractivity contribution < 1.29 is 13.2 Å². The van der Waals surface area contributed by atoms with Crippen molar-refractivity contribution in [2.45, 2.75) is 12.6 Å². The molecule has 0 fully saturated rings. The third-order valence-corrected chi connectivity index (χ3v) is 4.70. The lowest BCUT2D eigenvalue weighted by Crippen LogP contribution is -2.18. The molecule has 0 spiro atoms. The van der Waals surface area contributed by atoms with Crippen LogP contribution in [0.15, 0.2) is 42.9 Å². The quantitative estimate of drug-likeness (QED) is 0.663. The maximum absolute atomic E-state index is 12.8. The number of nitrogens with two attached hydrogens (primary N) is 1. The summed E-state index contributed by atoms with van der Waals surface area (Å²) in [6.45, 7) is 0.708. The second kappa shape index (κ2) is 6.83. The number of benzene rings is 1. The van der Waals surface area contributed by atoms with E-state index in [2.05, 4.69) is 20.3 Å². The summed E-state index contributed by atoms with van der Waals surface area (Å²) in [5.74, 6) is 0.738. The van der Waals surface area contributed by atoms with E-state index in [1.807, 2.05) is 29.2 Å². The van der Waals surface area contributed by atoms with Crippen LogP contribution in [0, 0.1) is 0 Å². The maximum atomic E-state index is 12.8. The van der Waals surface area contributed by atoms with Crippen molar-refractivity contribution in [2.75, 3.05) is 22.5 Å². The summed E-state index contributed by atoms with van der Waals surface area (Å²) >= 11 is 5.95. The maximum Gasteiger partial charge on any atom is 0.417 e. The Morgan fingerprint density at radius 1 is 1.11 bits per heavy atom. The lowest BCUT2D eigenvalue weighted by atomic mass is 10.2. The minimum Gasteiger partial charge on any atom is -0.393 e. The Hall–Kier alpha value is -3.07. The summed E-state index contributed by atoms with van der Waals surface area (Å²) in [5, 5.41) is 2.60. The van der Waals surface area contributed by atoms with Crippen LogP contribution in [-0.2, 0) is 12.6 Å². The van der Waals surface area contributed by atoms with E-state index in [9.17, 15) is 13.2 Å². The van der Waals surface area contributed by atoms with E-state index in [4.69, 9.17) is 17.3 Å². The first kappa shape index (κ1) is 18.3. The molecule has 1 aromatic carbocycles. The van der Waals surface area contributed by atoms with E-state index in [1.54, 1.807) is 0 Å². The molecule has 0 unspecified atom stereocenters. The SMILES string of the molecule is Nc1c(Nc2ncc(C(F)(F)F)cc2Cl)ncnc1N1CCc2ccccc21. The van der Waals surface area contributed by atoms with Gasteiger partial charge in [0.1, 0.15) is 17.8 Å². The molecule has 4 rings (SSSR count). The Balaban J connectivity index is 1.65. The summed E-state index contributed by atoms with van der Waals surface area (Å²) in [4.78, 5) is 14.1. The Bertz CT molecular complexity index is 1040. The van der Waals surface area contributed by atoms with Crippen molar-refractivity contribution >= 4 is 40.4 Å². The smallest absolute Gasteiger partial charge is 0.393 e. The zero-order chi connectivity index (χ0) is 19.9. The van der Waals surface area contributed by atoms with Gasteiger partial charge in [-0.15, -0.1) is 0 Å². The minimum atomic E-state index is -4.53. The van der Waals surface area contributed by atoms with Gasteiger partial charge in [0.05, 0.1) is 10.6 Å². The van der Waals surface area contributed by atoms with Gasteiger partial charge in [-0.3, -0.25) is 0 Å². The van der Waals surface area contributed by atoms with Crippen LogP contribution in [0.4, 0.5) is 42.0 Å². The molecule has 3 heterocycles. The second-order valence-corrected chi connectivity index (χ2v) is 6.57. The lowest BCUT2D eigenvalue weighted by molar-refractivity contribution is -0.137. The molecule has 6 nitrogen and oxygen atoms in total. The van der Waals surface area contributed by atoms with Crippen molar-refractivity contribution in [1.29, 1.82) is 0 Å². The van der Waals surface area contributed by atoms with Gasteiger partial charge in [-0.25, -0.2) is 15.0 Å². The van der Waals surface area contributed by atoms with Gasteiger partial charge in [-0.1, -0.05) is 29.8 Å². The summed E-state index contributed by atoms with van der Waals surface area (Å²) in [6, 6.07) is 8.71. The van der Waals surface area contributed by atoms with Crippen LogP contribution in [0.3, 0.4) is 0 Å². The topological polar surface area (TPSA) is 80.0 Å². The molecule has 144 valence electrons. The molecule has 1 aliphatic heterocycles. The third-order valence-electron chi connectivity index (χ3n) is 4.41. The van der Waals surface area contributed by atoms with E-state index in [0.29, 0.717) is 18.6 Å². The first-order valence-electron chi connectivity index (χ1n) is 8.30. The molecular weight excluding hydrogens is 393 g/mol. The fraction of sp³-hybridized carbons (Fsp3) is 0.167. The molecule has 0 saturated carbocycles. The number of para-hydroxylation sites is 1. The highest BCUT2D eigenvalue weighted by atomic mass is 35.5.